The Morgan fingerprint density at radius 2 is 1.77 bits per heavy atom. The number of benzene rings is 3. The summed E-state index contributed by atoms with van der Waals surface area (Å²) in [5.41, 5.74) is 1.09. The molecule has 0 spiro atoms. The Bertz CT molecular complexity index is 836. The van der Waals surface area contributed by atoms with Gasteiger partial charge < -0.3 is 15.2 Å². The van der Waals surface area contributed by atoms with Crippen LogP contribution in [0.2, 0.25) is 5.02 Å². The van der Waals surface area contributed by atoms with Gasteiger partial charge in [0.2, 0.25) is 0 Å². The van der Waals surface area contributed by atoms with E-state index in [1.165, 1.54) is 0 Å². The first-order chi connectivity index (χ1) is 12.1. The number of hydrogen-bond acceptors (Lipinski definition) is 3. The van der Waals surface area contributed by atoms with Gasteiger partial charge in [-0.25, -0.2) is 0 Å². The van der Waals surface area contributed by atoms with E-state index in [4.69, 9.17) is 16.3 Å². The van der Waals surface area contributed by atoms with Gasteiger partial charge in [-0.2, -0.15) is 0 Å². The number of fused-ring (bicyclic) bond motifs is 1. The van der Waals surface area contributed by atoms with Gasteiger partial charge in [0, 0.05) is 23.0 Å². The number of ether oxygens (including phenoxy) is 1. The van der Waals surface area contributed by atoms with Gasteiger partial charge in [0.15, 0.2) is 0 Å². The molecule has 0 radical (unpaired) electrons. The Morgan fingerprint density at radius 1 is 1.04 bits per heavy atom. The SMILES string of the molecule is CC(NCC(O)COc1cccc2ccccc12)c1cccc(Cl)c1.Cl. The van der Waals surface area contributed by atoms with Crippen molar-refractivity contribution >= 4 is 34.8 Å². The molecule has 138 valence electrons. The summed E-state index contributed by atoms with van der Waals surface area (Å²) in [6, 6.07) is 21.8. The van der Waals surface area contributed by atoms with Crippen LogP contribution in [0.4, 0.5) is 0 Å². The van der Waals surface area contributed by atoms with Crippen LogP contribution in [0.5, 0.6) is 5.75 Å². The van der Waals surface area contributed by atoms with Crippen LogP contribution < -0.4 is 10.1 Å². The molecule has 3 rings (SSSR count). The highest BCUT2D eigenvalue weighted by atomic mass is 35.5. The fourth-order valence-corrected chi connectivity index (χ4v) is 2.97. The number of hydrogen-bond donors (Lipinski definition) is 2. The Balaban J connectivity index is 0.00000243. The Hall–Kier alpha value is -1.78. The molecule has 3 aromatic carbocycles. The predicted molar refractivity (Wildman–Crippen MR) is 111 cm³/mol. The van der Waals surface area contributed by atoms with Crippen LogP contribution in [-0.2, 0) is 0 Å². The molecule has 2 N–H and O–H groups in total. The average molecular weight is 392 g/mol. The fraction of sp³-hybridized carbons (Fsp3) is 0.238. The molecule has 0 heterocycles. The molecular formula is C21H23Cl2NO2. The Morgan fingerprint density at radius 3 is 2.58 bits per heavy atom. The standard InChI is InChI=1S/C21H22ClNO2.ClH/c1-15(17-8-4-9-18(22)12-17)23-13-19(24)14-25-21-11-5-7-16-6-2-3-10-20(16)21;/h2-12,15,19,23-24H,13-14H2,1H3;1H. The van der Waals surface area contributed by atoms with Crippen molar-refractivity contribution in [3.05, 3.63) is 77.3 Å². The minimum atomic E-state index is -0.597. The monoisotopic (exact) mass is 391 g/mol. The van der Waals surface area contributed by atoms with E-state index in [1.807, 2.05) is 73.7 Å². The molecule has 0 amide bonds. The van der Waals surface area contributed by atoms with E-state index in [-0.39, 0.29) is 25.1 Å². The fourth-order valence-electron chi connectivity index (χ4n) is 2.77. The zero-order chi connectivity index (χ0) is 17.6. The summed E-state index contributed by atoms with van der Waals surface area (Å²) in [6.45, 7) is 2.73. The van der Waals surface area contributed by atoms with Crippen molar-refractivity contribution in [1.82, 2.24) is 5.32 Å². The van der Waals surface area contributed by atoms with Gasteiger partial charge in [-0.15, -0.1) is 12.4 Å². The smallest absolute Gasteiger partial charge is 0.127 e. The highest BCUT2D eigenvalue weighted by Crippen LogP contribution is 2.25. The van der Waals surface area contributed by atoms with Gasteiger partial charge in [0.25, 0.3) is 0 Å². The molecule has 3 nitrogen and oxygen atoms in total. The van der Waals surface area contributed by atoms with Crippen molar-refractivity contribution in [2.24, 2.45) is 0 Å². The van der Waals surface area contributed by atoms with Gasteiger partial charge in [0.05, 0.1) is 0 Å². The van der Waals surface area contributed by atoms with Crippen molar-refractivity contribution < 1.29 is 9.84 Å². The maximum absolute atomic E-state index is 10.2. The van der Waals surface area contributed by atoms with Gasteiger partial charge in [-0.05, 0) is 36.1 Å². The van der Waals surface area contributed by atoms with Crippen LogP contribution in [0.3, 0.4) is 0 Å². The molecular weight excluding hydrogens is 369 g/mol. The quantitative estimate of drug-likeness (QED) is 0.594. The lowest BCUT2D eigenvalue weighted by molar-refractivity contribution is 0.105. The van der Waals surface area contributed by atoms with Crippen molar-refractivity contribution in [2.45, 2.75) is 19.1 Å². The van der Waals surface area contributed by atoms with Gasteiger partial charge in [-0.3, -0.25) is 0 Å². The summed E-state index contributed by atoms with van der Waals surface area (Å²) in [5, 5.41) is 16.4. The van der Waals surface area contributed by atoms with Crippen LogP contribution >= 0.6 is 24.0 Å². The summed E-state index contributed by atoms with van der Waals surface area (Å²) >= 11 is 6.02. The van der Waals surface area contributed by atoms with Gasteiger partial charge >= 0.3 is 0 Å². The molecule has 0 aliphatic carbocycles. The van der Waals surface area contributed by atoms with Crippen LogP contribution in [0.25, 0.3) is 10.8 Å². The van der Waals surface area contributed by atoms with Crippen LogP contribution in [0.1, 0.15) is 18.5 Å². The zero-order valence-electron chi connectivity index (χ0n) is 14.6. The van der Waals surface area contributed by atoms with Crippen molar-refractivity contribution in [1.29, 1.82) is 0 Å². The first kappa shape index (κ1) is 20.5. The third kappa shape index (κ3) is 5.36. The second-order valence-electron chi connectivity index (χ2n) is 6.13. The summed E-state index contributed by atoms with van der Waals surface area (Å²) in [5.74, 6) is 0.792. The maximum atomic E-state index is 10.2. The molecule has 2 unspecified atom stereocenters. The molecule has 0 aliphatic heterocycles. The van der Waals surface area contributed by atoms with E-state index in [0.29, 0.717) is 11.6 Å². The first-order valence-corrected chi connectivity index (χ1v) is 8.79. The lowest BCUT2D eigenvalue weighted by Crippen LogP contribution is -2.33. The Labute approximate surface area is 165 Å². The molecule has 0 fully saturated rings. The van der Waals surface area contributed by atoms with E-state index in [1.54, 1.807) is 0 Å². The van der Waals surface area contributed by atoms with Crippen LogP contribution in [-0.4, -0.2) is 24.4 Å². The van der Waals surface area contributed by atoms with Crippen molar-refractivity contribution in [2.75, 3.05) is 13.2 Å². The summed E-state index contributed by atoms with van der Waals surface area (Å²) < 4.78 is 5.83. The second-order valence-corrected chi connectivity index (χ2v) is 6.56. The topological polar surface area (TPSA) is 41.5 Å². The normalized spacial score (nSPS) is 13.0. The number of aliphatic hydroxyl groups is 1. The summed E-state index contributed by atoms with van der Waals surface area (Å²) in [6.07, 6.45) is -0.597. The molecule has 5 heteroatoms. The molecule has 2 atom stereocenters. The van der Waals surface area contributed by atoms with Crippen LogP contribution in [0.15, 0.2) is 66.7 Å². The van der Waals surface area contributed by atoms with Crippen molar-refractivity contribution in [3.8, 4) is 5.75 Å². The first-order valence-electron chi connectivity index (χ1n) is 8.41. The van der Waals surface area contributed by atoms with Gasteiger partial charge in [0.1, 0.15) is 18.5 Å². The molecule has 3 aromatic rings. The van der Waals surface area contributed by atoms with Crippen molar-refractivity contribution in [3.63, 3.8) is 0 Å². The molecule has 0 saturated carbocycles. The minimum absolute atomic E-state index is 0. The number of rotatable bonds is 7. The van der Waals surface area contributed by atoms with E-state index >= 15 is 0 Å². The third-order valence-corrected chi connectivity index (χ3v) is 4.42. The molecule has 0 aromatic heterocycles. The average Bonchev–Trinajstić information content (AvgIpc) is 2.64. The number of nitrogens with one attached hydrogen (secondary N) is 1. The number of aliphatic hydroxyl groups excluding tert-OH is 1. The Kier molecular flexibility index (Phi) is 7.73. The minimum Gasteiger partial charge on any atom is -0.490 e. The molecule has 0 bridgehead atoms. The van der Waals surface area contributed by atoms with E-state index in [0.717, 1.165) is 22.1 Å². The summed E-state index contributed by atoms with van der Waals surface area (Å²) in [7, 11) is 0. The largest absolute Gasteiger partial charge is 0.490 e. The maximum Gasteiger partial charge on any atom is 0.127 e. The van der Waals surface area contributed by atoms with E-state index < -0.39 is 6.10 Å². The highest BCUT2D eigenvalue weighted by Gasteiger charge is 2.11. The number of halogens is 2. The summed E-state index contributed by atoms with van der Waals surface area (Å²) in [4.78, 5) is 0. The lowest BCUT2D eigenvalue weighted by Gasteiger charge is -2.18. The third-order valence-electron chi connectivity index (χ3n) is 4.19. The predicted octanol–water partition coefficient (Wildman–Crippen LogP) is 5.01. The second kappa shape index (κ2) is 9.79. The lowest BCUT2D eigenvalue weighted by atomic mass is 10.1. The molecule has 0 saturated heterocycles. The zero-order valence-corrected chi connectivity index (χ0v) is 16.1. The van der Waals surface area contributed by atoms with E-state index in [9.17, 15) is 5.11 Å². The highest BCUT2D eigenvalue weighted by molar-refractivity contribution is 6.30. The molecule has 0 aliphatic rings. The van der Waals surface area contributed by atoms with Crippen LogP contribution in [0, 0.1) is 0 Å². The van der Waals surface area contributed by atoms with Gasteiger partial charge in [-0.1, -0.05) is 60.1 Å². The van der Waals surface area contributed by atoms with E-state index in [2.05, 4.69) is 5.32 Å². The molecule has 26 heavy (non-hydrogen) atoms.